The first kappa shape index (κ1) is 13.8. The van der Waals surface area contributed by atoms with Gasteiger partial charge in [-0.15, -0.1) is 0 Å². The van der Waals surface area contributed by atoms with Gasteiger partial charge < -0.3 is 16.0 Å². The standard InChI is InChI=1S/C17H15N5S/c1-10-6-8-11(9-7-10)19-17-22-15(18)14(23-17)16-20-12-4-2-3-5-13(12)21-16/h2-9H,18H2,1H3,(H,19,22)(H,20,21). The van der Waals surface area contributed by atoms with E-state index >= 15 is 0 Å². The van der Waals surface area contributed by atoms with E-state index in [-0.39, 0.29) is 0 Å². The van der Waals surface area contributed by atoms with E-state index in [1.807, 2.05) is 36.4 Å². The summed E-state index contributed by atoms with van der Waals surface area (Å²) in [5.74, 6) is 1.22. The smallest absolute Gasteiger partial charge is 0.189 e. The van der Waals surface area contributed by atoms with E-state index in [0.717, 1.165) is 32.6 Å². The molecule has 6 heteroatoms. The zero-order valence-electron chi connectivity index (χ0n) is 12.5. The Morgan fingerprint density at radius 2 is 1.83 bits per heavy atom. The van der Waals surface area contributed by atoms with E-state index in [1.54, 1.807) is 0 Å². The number of H-pyrrole nitrogens is 1. The number of rotatable bonds is 3. The number of aromatic nitrogens is 3. The van der Waals surface area contributed by atoms with Gasteiger partial charge in [0.15, 0.2) is 11.0 Å². The van der Waals surface area contributed by atoms with Crippen molar-refractivity contribution >= 4 is 39.0 Å². The van der Waals surface area contributed by atoms with Gasteiger partial charge in [-0.05, 0) is 31.2 Å². The number of hydrogen-bond donors (Lipinski definition) is 3. The van der Waals surface area contributed by atoms with Gasteiger partial charge in [-0.3, -0.25) is 0 Å². The highest BCUT2D eigenvalue weighted by atomic mass is 32.1. The summed E-state index contributed by atoms with van der Waals surface area (Å²) in [4.78, 5) is 13.1. The SMILES string of the molecule is Cc1ccc(Nc2nc(N)c(-c3nc4ccccc4[nH]3)s2)cc1. The Kier molecular flexibility index (Phi) is 3.24. The molecule has 0 spiro atoms. The molecule has 0 aliphatic heterocycles. The van der Waals surface area contributed by atoms with Crippen molar-refractivity contribution in [2.24, 2.45) is 0 Å². The zero-order chi connectivity index (χ0) is 15.8. The maximum absolute atomic E-state index is 6.07. The van der Waals surface area contributed by atoms with Crippen LogP contribution < -0.4 is 11.1 Å². The lowest BCUT2D eigenvalue weighted by molar-refractivity contribution is 1.33. The Morgan fingerprint density at radius 3 is 2.61 bits per heavy atom. The Labute approximate surface area is 137 Å². The number of imidazole rings is 1. The molecule has 2 aromatic carbocycles. The van der Waals surface area contributed by atoms with Crippen LogP contribution in [0.5, 0.6) is 0 Å². The number of fused-ring (bicyclic) bond motifs is 1. The van der Waals surface area contributed by atoms with Crippen LogP contribution in [0.25, 0.3) is 21.7 Å². The molecule has 0 fully saturated rings. The minimum absolute atomic E-state index is 0.476. The van der Waals surface area contributed by atoms with Crippen molar-refractivity contribution in [2.75, 3.05) is 11.1 Å². The molecule has 2 aromatic heterocycles. The van der Waals surface area contributed by atoms with Crippen molar-refractivity contribution in [1.29, 1.82) is 0 Å². The van der Waals surface area contributed by atoms with Gasteiger partial charge in [-0.2, -0.15) is 0 Å². The van der Waals surface area contributed by atoms with Crippen molar-refractivity contribution in [3.05, 3.63) is 54.1 Å². The number of nitrogens with two attached hydrogens (primary N) is 1. The van der Waals surface area contributed by atoms with Crippen molar-refractivity contribution in [1.82, 2.24) is 15.0 Å². The highest BCUT2D eigenvalue weighted by Crippen LogP contribution is 2.35. The van der Waals surface area contributed by atoms with Gasteiger partial charge in [-0.25, -0.2) is 9.97 Å². The van der Waals surface area contributed by atoms with Gasteiger partial charge in [-0.1, -0.05) is 41.2 Å². The lowest BCUT2D eigenvalue weighted by Crippen LogP contribution is -1.91. The number of aromatic amines is 1. The molecule has 0 amide bonds. The Morgan fingerprint density at radius 1 is 1.04 bits per heavy atom. The van der Waals surface area contributed by atoms with Crippen LogP contribution in [0.15, 0.2) is 48.5 Å². The zero-order valence-corrected chi connectivity index (χ0v) is 13.3. The first-order valence-electron chi connectivity index (χ1n) is 7.24. The van der Waals surface area contributed by atoms with E-state index in [9.17, 15) is 0 Å². The van der Waals surface area contributed by atoms with Gasteiger partial charge in [0.05, 0.1) is 11.0 Å². The summed E-state index contributed by atoms with van der Waals surface area (Å²) < 4.78 is 0. The molecule has 0 saturated carbocycles. The number of nitrogen functional groups attached to an aromatic ring is 1. The third-order valence-corrected chi connectivity index (χ3v) is 4.55. The largest absolute Gasteiger partial charge is 0.382 e. The second kappa shape index (κ2) is 5.40. The number of anilines is 3. The summed E-state index contributed by atoms with van der Waals surface area (Å²) in [5.41, 5.74) is 10.2. The second-order valence-corrected chi connectivity index (χ2v) is 6.33. The number of hydrogen-bond acceptors (Lipinski definition) is 5. The lowest BCUT2D eigenvalue weighted by atomic mass is 10.2. The van der Waals surface area contributed by atoms with Crippen LogP contribution in [0.1, 0.15) is 5.56 Å². The molecule has 0 unspecified atom stereocenters. The molecule has 0 radical (unpaired) electrons. The van der Waals surface area contributed by atoms with Crippen molar-refractivity contribution in [3.63, 3.8) is 0 Å². The van der Waals surface area contributed by atoms with Crippen LogP contribution in [0, 0.1) is 6.92 Å². The van der Waals surface area contributed by atoms with Gasteiger partial charge in [0.2, 0.25) is 0 Å². The van der Waals surface area contributed by atoms with E-state index in [0.29, 0.717) is 5.82 Å². The summed E-state index contributed by atoms with van der Waals surface area (Å²) in [6.45, 7) is 2.06. The summed E-state index contributed by atoms with van der Waals surface area (Å²) >= 11 is 1.49. The van der Waals surface area contributed by atoms with Crippen LogP contribution in [0.2, 0.25) is 0 Å². The second-order valence-electron chi connectivity index (χ2n) is 5.33. The van der Waals surface area contributed by atoms with Gasteiger partial charge >= 0.3 is 0 Å². The first-order chi connectivity index (χ1) is 11.2. The lowest BCUT2D eigenvalue weighted by Gasteiger charge is -2.01. The molecule has 0 aliphatic rings. The summed E-state index contributed by atoms with van der Waals surface area (Å²) in [6, 6.07) is 16.1. The van der Waals surface area contributed by atoms with Crippen molar-refractivity contribution < 1.29 is 0 Å². The number of aryl methyl sites for hydroxylation is 1. The fraction of sp³-hybridized carbons (Fsp3) is 0.0588. The van der Waals surface area contributed by atoms with Gasteiger partial charge in [0, 0.05) is 5.69 Å². The molecule has 0 bridgehead atoms. The quantitative estimate of drug-likeness (QED) is 0.525. The number of benzene rings is 2. The molecule has 114 valence electrons. The number of nitrogens with zero attached hydrogens (tertiary/aromatic N) is 2. The fourth-order valence-electron chi connectivity index (χ4n) is 2.38. The molecule has 5 nitrogen and oxygen atoms in total. The highest BCUT2D eigenvalue weighted by Gasteiger charge is 2.14. The predicted molar refractivity (Wildman–Crippen MR) is 96.1 cm³/mol. The van der Waals surface area contributed by atoms with Gasteiger partial charge in [0.25, 0.3) is 0 Å². The molecule has 4 aromatic rings. The monoisotopic (exact) mass is 321 g/mol. The molecule has 0 saturated heterocycles. The number of nitrogens with one attached hydrogen (secondary N) is 2. The maximum Gasteiger partial charge on any atom is 0.189 e. The van der Waals surface area contributed by atoms with E-state index in [2.05, 4.69) is 39.3 Å². The summed E-state index contributed by atoms with van der Waals surface area (Å²) in [6.07, 6.45) is 0. The van der Waals surface area contributed by atoms with Crippen LogP contribution in [-0.4, -0.2) is 15.0 Å². The molecule has 4 rings (SSSR count). The molecule has 4 N–H and O–H groups in total. The summed E-state index contributed by atoms with van der Waals surface area (Å²) in [7, 11) is 0. The Bertz CT molecular complexity index is 935. The average Bonchev–Trinajstić information content (AvgIpc) is 3.12. The number of para-hydroxylation sites is 2. The van der Waals surface area contributed by atoms with Crippen LogP contribution in [-0.2, 0) is 0 Å². The molecular formula is C17H15N5S. The van der Waals surface area contributed by atoms with E-state index < -0.39 is 0 Å². The van der Waals surface area contributed by atoms with Crippen molar-refractivity contribution in [2.45, 2.75) is 6.92 Å². The third kappa shape index (κ3) is 2.64. The fourth-order valence-corrected chi connectivity index (χ4v) is 3.23. The topological polar surface area (TPSA) is 79.6 Å². The molecule has 2 heterocycles. The molecule has 23 heavy (non-hydrogen) atoms. The van der Waals surface area contributed by atoms with E-state index in [1.165, 1.54) is 16.9 Å². The molecule has 0 aliphatic carbocycles. The maximum atomic E-state index is 6.07. The van der Waals surface area contributed by atoms with Crippen LogP contribution >= 0.6 is 11.3 Å². The minimum atomic E-state index is 0.476. The average molecular weight is 321 g/mol. The minimum Gasteiger partial charge on any atom is -0.382 e. The Hall–Kier alpha value is -2.86. The highest BCUT2D eigenvalue weighted by molar-refractivity contribution is 7.19. The number of thiazole rings is 1. The van der Waals surface area contributed by atoms with Crippen molar-refractivity contribution in [3.8, 4) is 10.7 Å². The summed E-state index contributed by atoms with van der Waals surface area (Å²) in [5, 5.41) is 4.03. The Balaban J connectivity index is 1.67. The normalized spacial score (nSPS) is 11.0. The van der Waals surface area contributed by atoms with Crippen LogP contribution in [0.3, 0.4) is 0 Å². The molecule has 0 atom stereocenters. The third-order valence-electron chi connectivity index (χ3n) is 3.56. The van der Waals surface area contributed by atoms with Gasteiger partial charge in [0.1, 0.15) is 10.7 Å². The first-order valence-corrected chi connectivity index (χ1v) is 8.06. The molecular weight excluding hydrogens is 306 g/mol. The predicted octanol–water partition coefficient (Wildman–Crippen LogP) is 4.32. The van der Waals surface area contributed by atoms with E-state index in [4.69, 9.17) is 5.73 Å². The van der Waals surface area contributed by atoms with Crippen LogP contribution in [0.4, 0.5) is 16.6 Å².